The summed E-state index contributed by atoms with van der Waals surface area (Å²) in [4.78, 5) is 0. The van der Waals surface area contributed by atoms with Crippen molar-refractivity contribution >= 4 is 11.6 Å². The maximum atomic E-state index is 6.17. The molecule has 0 radical (unpaired) electrons. The number of benzene rings is 1. The maximum absolute atomic E-state index is 6.17. The first-order valence-electron chi connectivity index (χ1n) is 8.16. The van der Waals surface area contributed by atoms with Gasteiger partial charge in [-0.05, 0) is 60.6 Å². The zero-order valence-electron chi connectivity index (χ0n) is 12.9. The molecular weight excluding hydrogens is 282 g/mol. The van der Waals surface area contributed by atoms with Gasteiger partial charge in [-0.3, -0.25) is 0 Å². The van der Waals surface area contributed by atoms with Gasteiger partial charge in [0.15, 0.2) is 0 Å². The lowest BCUT2D eigenvalue weighted by Crippen LogP contribution is -2.41. The van der Waals surface area contributed by atoms with Gasteiger partial charge in [-0.2, -0.15) is 0 Å². The highest BCUT2D eigenvalue weighted by Crippen LogP contribution is 2.57. The first-order chi connectivity index (χ1) is 10.2. The predicted molar refractivity (Wildman–Crippen MR) is 87.8 cm³/mol. The van der Waals surface area contributed by atoms with Crippen LogP contribution >= 0.6 is 11.6 Å². The van der Waals surface area contributed by atoms with Crippen LogP contribution in [0.2, 0.25) is 5.02 Å². The van der Waals surface area contributed by atoms with E-state index < -0.39 is 0 Å². The van der Waals surface area contributed by atoms with Crippen molar-refractivity contribution in [2.24, 2.45) is 17.3 Å². The fourth-order valence-corrected chi connectivity index (χ4v) is 4.83. The summed E-state index contributed by atoms with van der Waals surface area (Å²) in [6.45, 7) is 2.86. The second-order valence-corrected chi connectivity index (χ2v) is 7.36. The van der Waals surface area contributed by atoms with E-state index in [-0.39, 0.29) is 0 Å². The van der Waals surface area contributed by atoms with Crippen LogP contribution in [0.1, 0.15) is 31.2 Å². The van der Waals surface area contributed by atoms with Crippen molar-refractivity contribution in [2.45, 2.75) is 32.1 Å². The molecular formula is C18H26ClNO. The van der Waals surface area contributed by atoms with Crippen LogP contribution in [0.5, 0.6) is 0 Å². The summed E-state index contributed by atoms with van der Waals surface area (Å²) in [5.41, 5.74) is 1.82. The molecule has 2 aliphatic carbocycles. The summed E-state index contributed by atoms with van der Waals surface area (Å²) >= 11 is 6.17. The highest BCUT2D eigenvalue weighted by Gasteiger charge is 2.50. The molecule has 0 spiro atoms. The monoisotopic (exact) mass is 307 g/mol. The van der Waals surface area contributed by atoms with Gasteiger partial charge in [-0.15, -0.1) is 0 Å². The topological polar surface area (TPSA) is 21.3 Å². The highest BCUT2D eigenvalue weighted by atomic mass is 35.5. The summed E-state index contributed by atoms with van der Waals surface area (Å²) < 4.78 is 5.16. The number of fused-ring (bicyclic) bond motifs is 2. The van der Waals surface area contributed by atoms with E-state index in [1.165, 1.54) is 31.2 Å². The van der Waals surface area contributed by atoms with Gasteiger partial charge in [-0.25, -0.2) is 0 Å². The van der Waals surface area contributed by atoms with E-state index in [2.05, 4.69) is 23.5 Å². The average Bonchev–Trinajstić information content (AvgIpc) is 3.05. The standard InChI is InChI=1S/C18H26ClNO/c1-21-8-7-20-13-18(12-15-5-6-16(18)9-15)11-14-3-2-4-17(19)10-14/h2-4,10,15-16,20H,5-9,11-13H2,1H3. The molecule has 0 heterocycles. The van der Waals surface area contributed by atoms with Crippen LogP contribution in [0, 0.1) is 17.3 Å². The first kappa shape index (κ1) is 15.3. The van der Waals surface area contributed by atoms with Gasteiger partial charge in [0, 0.05) is 25.2 Å². The normalized spacial score (nSPS) is 31.0. The average molecular weight is 308 g/mol. The van der Waals surface area contributed by atoms with Crippen LogP contribution in [0.3, 0.4) is 0 Å². The molecule has 2 bridgehead atoms. The number of hydrogen-bond acceptors (Lipinski definition) is 2. The molecule has 116 valence electrons. The third kappa shape index (κ3) is 3.44. The zero-order valence-corrected chi connectivity index (χ0v) is 13.7. The van der Waals surface area contributed by atoms with E-state index in [9.17, 15) is 0 Å². The Kier molecular flexibility index (Phi) is 4.88. The van der Waals surface area contributed by atoms with Gasteiger partial charge in [0.1, 0.15) is 0 Å². The minimum atomic E-state index is 0.432. The molecule has 3 unspecified atom stereocenters. The Hall–Kier alpha value is -0.570. The minimum absolute atomic E-state index is 0.432. The van der Waals surface area contributed by atoms with E-state index in [4.69, 9.17) is 16.3 Å². The Morgan fingerprint density at radius 2 is 2.29 bits per heavy atom. The third-order valence-corrected chi connectivity index (χ3v) is 5.74. The Bertz CT molecular complexity index is 478. The van der Waals surface area contributed by atoms with Crippen LogP contribution in [-0.2, 0) is 11.2 Å². The van der Waals surface area contributed by atoms with Crippen LogP contribution in [0.25, 0.3) is 0 Å². The van der Waals surface area contributed by atoms with Gasteiger partial charge in [0.2, 0.25) is 0 Å². The number of halogens is 1. The minimum Gasteiger partial charge on any atom is -0.383 e. The Labute approximate surface area is 133 Å². The van der Waals surface area contributed by atoms with E-state index in [0.29, 0.717) is 5.41 Å². The lowest BCUT2D eigenvalue weighted by atomic mass is 9.69. The van der Waals surface area contributed by atoms with Crippen molar-refractivity contribution < 1.29 is 4.74 Å². The molecule has 1 aromatic rings. The predicted octanol–water partition coefficient (Wildman–Crippen LogP) is 3.92. The maximum Gasteiger partial charge on any atom is 0.0587 e. The third-order valence-electron chi connectivity index (χ3n) is 5.51. The van der Waals surface area contributed by atoms with Crippen molar-refractivity contribution in [2.75, 3.05) is 26.8 Å². The van der Waals surface area contributed by atoms with Gasteiger partial charge in [-0.1, -0.05) is 30.2 Å². The van der Waals surface area contributed by atoms with Crippen molar-refractivity contribution in [3.8, 4) is 0 Å². The van der Waals surface area contributed by atoms with Gasteiger partial charge in [0.25, 0.3) is 0 Å². The molecule has 2 fully saturated rings. The number of nitrogens with one attached hydrogen (secondary N) is 1. The van der Waals surface area contributed by atoms with Crippen LogP contribution in [-0.4, -0.2) is 26.8 Å². The Morgan fingerprint density at radius 3 is 2.95 bits per heavy atom. The molecule has 0 saturated heterocycles. The van der Waals surface area contributed by atoms with E-state index in [1.807, 2.05) is 6.07 Å². The largest absolute Gasteiger partial charge is 0.383 e. The smallest absolute Gasteiger partial charge is 0.0587 e. The summed E-state index contributed by atoms with van der Waals surface area (Å²) in [6.07, 6.45) is 6.84. The van der Waals surface area contributed by atoms with E-state index >= 15 is 0 Å². The summed E-state index contributed by atoms with van der Waals surface area (Å²) in [7, 11) is 1.76. The molecule has 3 heteroatoms. The molecule has 1 N–H and O–H groups in total. The van der Waals surface area contributed by atoms with Gasteiger partial charge < -0.3 is 10.1 Å². The number of ether oxygens (including phenoxy) is 1. The SMILES string of the molecule is COCCNCC1(Cc2cccc(Cl)c2)CC2CCC1C2. The van der Waals surface area contributed by atoms with Crippen LogP contribution < -0.4 is 5.32 Å². The molecule has 1 aromatic carbocycles. The highest BCUT2D eigenvalue weighted by molar-refractivity contribution is 6.30. The number of methoxy groups -OCH3 is 1. The Morgan fingerprint density at radius 1 is 1.38 bits per heavy atom. The van der Waals surface area contributed by atoms with Crippen molar-refractivity contribution in [1.82, 2.24) is 5.32 Å². The number of hydrogen-bond donors (Lipinski definition) is 1. The van der Waals surface area contributed by atoms with Crippen molar-refractivity contribution in [3.05, 3.63) is 34.9 Å². The van der Waals surface area contributed by atoms with Crippen molar-refractivity contribution in [1.29, 1.82) is 0 Å². The second kappa shape index (κ2) is 6.68. The molecule has 0 aromatic heterocycles. The molecule has 2 saturated carbocycles. The molecule has 2 aliphatic rings. The van der Waals surface area contributed by atoms with E-state index in [0.717, 1.165) is 43.0 Å². The van der Waals surface area contributed by atoms with E-state index in [1.54, 1.807) is 7.11 Å². The lowest BCUT2D eigenvalue weighted by molar-refractivity contribution is 0.145. The second-order valence-electron chi connectivity index (χ2n) is 6.92. The fraction of sp³-hybridized carbons (Fsp3) is 0.667. The summed E-state index contributed by atoms with van der Waals surface area (Å²) in [5.74, 6) is 1.84. The lowest BCUT2D eigenvalue weighted by Gasteiger charge is -2.38. The molecule has 21 heavy (non-hydrogen) atoms. The molecule has 0 aliphatic heterocycles. The van der Waals surface area contributed by atoms with Gasteiger partial charge >= 0.3 is 0 Å². The Balaban J connectivity index is 1.70. The van der Waals surface area contributed by atoms with Crippen LogP contribution in [0.15, 0.2) is 24.3 Å². The van der Waals surface area contributed by atoms with Gasteiger partial charge in [0.05, 0.1) is 6.61 Å². The molecule has 0 amide bonds. The fourth-order valence-electron chi connectivity index (χ4n) is 4.62. The first-order valence-corrected chi connectivity index (χ1v) is 8.54. The molecule has 2 nitrogen and oxygen atoms in total. The quantitative estimate of drug-likeness (QED) is 0.771. The molecule has 3 rings (SSSR count). The molecule has 3 atom stereocenters. The van der Waals surface area contributed by atoms with Crippen molar-refractivity contribution in [3.63, 3.8) is 0 Å². The van der Waals surface area contributed by atoms with Crippen LogP contribution in [0.4, 0.5) is 0 Å². The summed E-state index contributed by atoms with van der Waals surface area (Å²) in [5, 5.41) is 4.49. The number of rotatable bonds is 7. The zero-order chi connectivity index (χ0) is 14.7. The summed E-state index contributed by atoms with van der Waals surface area (Å²) in [6, 6.07) is 8.42.